The number of hydrogen-bond acceptors (Lipinski definition) is 2. The Kier molecular flexibility index (Phi) is 3.41. The lowest BCUT2D eigenvalue weighted by molar-refractivity contribution is -0.134. The molecule has 1 aliphatic carbocycles. The molecule has 3 heteroatoms. The molecule has 1 saturated heterocycles. The molecular weight excluding hydrogens is 188 g/mol. The molecule has 0 aromatic carbocycles. The Balaban J connectivity index is 1.82. The van der Waals surface area contributed by atoms with Crippen LogP contribution in [-0.2, 0) is 4.79 Å². The first-order chi connectivity index (χ1) is 7.31. The summed E-state index contributed by atoms with van der Waals surface area (Å²) in [5, 5.41) is 3.19. The number of likely N-dealkylation sites (tertiary alicyclic amines) is 1. The van der Waals surface area contributed by atoms with E-state index in [1.54, 1.807) is 0 Å². The van der Waals surface area contributed by atoms with Gasteiger partial charge >= 0.3 is 0 Å². The van der Waals surface area contributed by atoms with Crippen LogP contribution in [0.3, 0.4) is 0 Å². The molecule has 3 nitrogen and oxygen atoms in total. The molecule has 1 N–H and O–H groups in total. The van der Waals surface area contributed by atoms with Gasteiger partial charge in [-0.05, 0) is 38.8 Å². The fourth-order valence-corrected chi connectivity index (χ4v) is 2.57. The average molecular weight is 208 g/mol. The predicted octanol–water partition coefficient (Wildman–Crippen LogP) is 1.02. The molecule has 1 amide bonds. The summed E-state index contributed by atoms with van der Waals surface area (Å²) in [4.78, 5) is 14.1. The summed E-state index contributed by atoms with van der Waals surface area (Å²) >= 11 is 0. The van der Waals surface area contributed by atoms with Crippen LogP contribution in [0.5, 0.6) is 0 Å². The predicted molar refractivity (Wildman–Crippen MR) is 60.5 cm³/mol. The average Bonchev–Trinajstić information content (AvgIpc) is 2.87. The lowest BCUT2D eigenvalue weighted by atomic mass is 10.1. The van der Waals surface area contributed by atoms with Gasteiger partial charge in [0, 0.05) is 19.0 Å². The summed E-state index contributed by atoms with van der Waals surface area (Å²) in [6, 6.07) is 0. The van der Waals surface area contributed by atoms with Gasteiger partial charge in [-0.3, -0.25) is 4.79 Å². The fraction of sp³-hybridized carbons (Fsp3) is 0.750. The van der Waals surface area contributed by atoms with E-state index in [1.807, 2.05) is 7.05 Å². The zero-order chi connectivity index (χ0) is 10.7. The van der Waals surface area contributed by atoms with Gasteiger partial charge < -0.3 is 10.2 Å². The van der Waals surface area contributed by atoms with E-state index in [0.717, 1.165) is 38.9 Å². The van der Waals surface area contributed by atoms with E-state index in [-0.39, 0.29) is 5.92 Å². The molecule has 2 aliphatic rings. The summed E-state index contributed by atoms with van der Waals surface area (Å²) in [6.45, 7) is 2.95. The van der Waals surface area contributed by atoms with Crippen molar-refractivity contribution in [2.24, 2.45) is 11.8 Å². The van der Waals surface area contributed by atoms with Crippen molar-refractivity contribution >= 4 is 5.91 Å². The Morgan fingerprint density at radius 1 is 1.47 bits per heavy atom. The molecule has 84 valence electrons. The molecule has 1 atom stereocenters. The Labute approximate surface area is 91.5 Å². The van der Waals surface area contributed by atoms with Gasteiger partial charge in [-0.15, -0.1) is 0 Å². The first-order valence-corrected chi connectivity index (χ1v) is 5.89. The van der Waals surface area contributed by atoms with Crippen molar-refractivity contribution in [1.82, 2.24) is 10.2 Å². The maximum atomic E-state index is 12.1. The van der Waals surface area contributed by atoms with Crippen LogP contribution >= 0.6 is 0 Å². The van der Waals surface area contributed by atoms with Crippen molar-refractivity contribution in [2.45, 2.75) is 19.3 Å². The molecule has 0 spiro atoms. The maximum absolute atomic E-state index is 12.1. The van der Waals surface area contributed by atoms with Gasteiger partial charge in [0.25, 0.3) is 0 Å². The Hall–Kier alpha value is -0.830. The van der Waals surface area contributed by atoms with Crippen molar-refractivity contribution < 1.29 is 4.79 Å². The van der Waals surface area contributed by atoms with Crippen molar-refractivity contribution in [3.05, 3.63) is 12.2 Å². The molecule has 15 heavy (non-hydrogen) atoms. The summed E-state index contributed by atoms with van der Waals surface area (Å²) in [6.07, 6.45) is 7.32. The highest BCUT2D eigenvalue weighted by molar-refractivity contribution is 5.79. The second-order valence-corrected chi connectivity index (χ2v) is 4.64. The molecule has 0 aromatic rings. The van der Waals surface area contributed by atoms with E-state index in [1.165, 1.54) is 0 Å². The van der Waals surface area contributed by atoms with Crippen LogP contribution < -0.4 is 5.32 Å². The first kappa shape index (κ1) is 10.7. The number of nitrogens with zero attached hydrogens (tertiary/aromatic N) is 1. The third-order valence-corrected chi connectivity index (χ3v) is 3.45. The standard InChI is InChI=1S/C12H20N2O/c1-13-8-10-6-7-14(9-10)12(15)11-4-2-3-5-11/h2-3,10-11,13H,4-9H2,1H3. The largest absolute Gasteiger partial charge is 0.342 e. The van der Waals surface area contributed by atoms with Crippen molar-refractivity contribution in [3.8, 4) is 0 Å². The number of rotatable bonds is 3. The molecule has 1 fully saturated rings. The van der Waals surface area contributed by atoms with E-state index in [9.17, 15) is 4.79 Å². The van der Waals surface area contributed by atoms with Crippen molar-refractivity contribution in [1.29, 1.82) is 0 Å². The number of nitrogens with one attached hydrogen (secondary N) is 1. The molecule has 1 heterocycles. The van der Waals surface area contributed by atoms with Crippen molar-refractivity contribution in [3.63, 3.8) is 0 Å². The Bertz CT molecular complexity index is 254. The summed E-state index contributed by atoms with van der Waals surface area (Å²) in [7, 11) is 1.98. The van der Waals surface area contributed by atoms with E-state index in [2.05, 4.69) is 22.4 Å². The van der Waals surface area contributed by atoms with Crippen LogP contribution in [0.15, 0.2) is 12.2 Å². The highest BCUT2D eigenvalue weighted by Crippen LogP contribution is 2.24. The highest BCUT2D eigenvalue weighted by Gasteiger charge is 2.30. The Morgan fingerprint density at radius 2 is 2.20 bits per heavy atom. The minimum absolute atomic E-state index is 0.248. The number of carbonyl (C=O) groups is 1. The smallest absolute Gasteiger partial charge is 0.226 e. The second kappa shape index (κ2) is 4.79. The summed E-state index contributed by atoms with van der Waals surface area (Å²) in [5.41, 5.74) is 0. The molecule has 1 aliphatic heterocycles. The number of hydrogen-bond donors (Lipinski definition) is 1. The SMILES string of the molecule is CNCC1CCN(C(=O)C2CC=CC2)C1. The van der Waals surface area contributed by atoms with Gasteiger partial charge in [-0.25, -0.2) is 0 Å². The van der Waals surface area contributed by atoms with E-state index < -0.39 is 0 Å². The minimum atomic E-state index is 0.248. The maximum Gasteiger partial charge on any atom is 0.226 e. The van der Waals surface area contributed by atoms with E-state index in [0.29, 0.717) is 11.8 Å². The zero-order valence-electron chi connectivity index (χ0n) is 9.41. The van der Waals surface area contributed by atoms with Crippen molar-refractivity contribution in [2.75, 3.05) is 26.7 Å². The van der Waals surface area contributed by atoms with Crippen LogP contribution in [0.25, 0.3) is 0 Å². The molecule has 0 aromatic heterocycles. The molecule has 2 rings (SSSR count). The van der Waals surface area contributed by atoms with Gasteiger partial charge in [0.2, 0.25) is 5.91 Å². The third kappa shape index (κ3) is 2.40. The van der Waals surface area contributed by atoms with Gasteiger partial charge in [0.05, 0.1) is 0 Å². The van der Waals surface area contributed by atoms with Crippen LogP contribution in [-0.4, -0.2) is 37.5 Å². The highest BCUT2D eigenvalue weighted by atomic mass is 16.2. The van der Waals surface area contributed by atoms with Crippen LogP contribution in [0.1, 0.15) is 19.3 Å². The molecule has 1 unspecified atom stereocenters. The normalized spacial score (nSPS) is 26.5. The number of amides is 1. The Morgan fingerprint density at radius 3 is 2.87 bits per heavy atom. The van der Waals surface area contributed by atoms with E-state index >= 15 is 0 Å². The zero-order valence-corrected chi connectivity index (χ0v) is 9.41. The van der Waals surface area contributed by atoms with Crippen LogP contribution in [0, 0.1) is 11.8 Å². The molecule has 0 radical (unpaired) electrons. The fourth-order valence-electron chi connectivity index (χ4n) is 2.57. The van der Waals surface area contributed by atoms with Gasteiger partial charge in [0.1, 0.15) is 0 Å². The monoisotopic (exact) mass is 208 g/mol. The quantitative estimate of drug-likeness (QED) is 0.702. The van der Waals surface area contributed by atoms with Crippen LogP contribution in [0.2, 0.25) is 0 Å². The number of allylic oxidation sites excluding steroid dienone is 2. The van der Waals surface area contributed by atoms with Crippen LogP contribution in [0.4, 0.5) is 0 Å². The number of carbonyl (C=O) groups excluding carboxylic acids is 1. The van der Waals surface area contributed by atoms with Gasteiger partial charge in [-0.2, -0.15) is 0 Å². The summed E-state index contributed by atoms with van der Waals surface area (Å²) in [5.74, 6) is 1.28. The minimum Gasteiger partial charge on any atom is -0.342 e. The molecule has 0 saturated carbocycles. The molecular formula is C12H20N2O. The first-order valence-electron chi connectivity index (χ1n) is 5.89. The topological polar surface area (TPSA) is 32.3 Å². The molecule has 0 bridgehead atoms. The second-order valence-electron chi connectivity index (χ2n) is 4.64. The van der Waals surface area contributed by atoms with E-state index in [4.69, 9.17) is 0 Å². The lowest BCUT2D eigenvalue weighted by Crippen LogP contribution is -2.34. The third-order valence-electron chi connectivity index (χ3n) is 3.45. The van der Waals surface area contributed by atoms with Gasteiger partial charge in [-0.1, -0.05) is 12.2 Å². The van der Waals surface area contributed by atoms with Gasteiger partial charge in [0.15, 0.2) is 0 Å². The lowest BCUT2D eigenvalue weighted by Gasteiger charge is -2.20. The summed E-state index contributed by atoms with van der Waals surface area (Å²) < 4.78 is 0.